The number of thiophene rings is 1. The number of nitrogens with one attached hydrogen (secondary N) is 1. The first-order valence-electron chi connectivity index (χ1n) is 5.27. The van der Waals surface area contributed by atoms with E-state index in [-0.39, 0.29) is 12.5 Å². The Morgan fingerprint density at radius 2 is 2.44 bits per heavy atom. The van der Waals surface area contributed by atoms with Gasteiger partial charge in [0.2, 0.25) is 0 Å². The SMILES string of the molecule is CC(O)(CNC(=O)c1coc(Br)c1)c1cccs1. The van der Waals surface area contributed by atoms with Crippen molar-refractivity contribution in [2.24, 2.45) is 0 Å². The number of hydrogen-bond donors (Lipinski definition) is 2. The number of hydrogen-bond acceptors (Lipinski definition) is 4. The van der Waals surface area contributed by atoms with Crippen LogP contribution >= 0.6 is 27.3 Å². The smallest absolute Gasteiger partial charge is 0.254 e. The van der Waals surface area contributed by atoms with Gasteiger partial charge in [0.1, 0.15) is 11.9 Å². The van der Waals surface area contributed by atoms with Crippen LogP contribution in [0.5, 0.6) is 0 Å². The molecule has 2 aromatic rings. The first-order valence-corrected chi connectivity index (χ1v) is 6.95. The fourth-order valence-electron chi connectivity index (χ4n) is 1.46. The van der Waals surface area contributed by atoms with E-state index in [4.69, 9.17) is 4.42 Å². The molecule has 0 spiro atoms. The molecule has 1 amide bonds. The summed E-state index contributed by atoms with van der Waals surface area (Å²) in [4.78, 5) is 12.6. The summed E-state index contributed by atoms with van der Waals surface area (Å²) in [6, 6.07) is 5.28. The Morgan fingerprint density at radius 1 is 1.67 bits per heavy atom. The summed E-state index contributed by atoms with van der Waals surface area (Å²) in [6.45, 7) is 1.82. The molecule has 0 saturated heterocycles. The van der Waals surface area contributed by atoms with E-state index >= 15 is 0 Å². The molecule has 2 heterocycles. The molecule has 0 radical (unpaired) electrons. The van der Waals surface area contributed by atoms with Crippen molar-refractivity contribution in [3.63, 3.8) is 0 Å². The Bertz CT molecular complexity index is 533. The molecule has 2 rings (SSSR count). The highest BCUT2D eigenvalue weighted by molar-refractivity contribution is 9.10. The van der Waals surface area contributed by atoms with Crippen LogP contribution in [0, 0.1) is 0 Å². The Morgan fingerprint density at radius 3 is 3.00 bits per heavy atom. The maximum Gasteiger partial charge on any atom is 0.254 e. The van der Waals surface area contributed by atoms with Crippen molar-refractivity contribution in [3.05, 3.63) is 45.0 Å². The quantitative estimate of drug-likeness (QED) is 0.906. The van der Waals surface area contributed by atoms with E-state index in [0.717, 1.165) is 4.88 Å². The highest BCUT2D eigenvalue weighted by Gasteiger charge is 2.25. The molecular formula is C12H12BrNO3S. The van der Waals surface area contributed by atoms with Gasteiger partial charge in [0.25, 0.3) is 5.91 Å². The predicted octanol–water partition coefficient (Wildman–Crippen LogP) is 2.74. The van der Waals surface area contributed by atoms with Gasteiger partial charge in [-0.1, -0.05) is 6.07 Å². The first kappa shape index (κ1) is 13.3. The van der Waals surface area contributed by atoms with Gasteiger partial charge < -0.3 is 14.8 Å². The molecule has 0 saturated carbocycles. The van der Waals surface area contributed by atoms with E-state index in [9.17, 15) is 9.90 Å². The fraction of sp³-hybridized carbons (Fsp3) is 0.250. The van der Waals surface area contributed by atoms with E-state index in [1.807, 2.05) is 17.5 Å². The Balaban J connectivity index is 1.98. The van der Waals surface area contributed by atoms with Gasteiger partial charge in [0.05, 0.1) is 12.1 Å². The molecule has 6 heteroatoms. The van der Waals surface area contributed by atoms with Crippen molar-refractivity contribution < 1.29 is 14.3 Å². The summed E-state index contributed by atoms with van der Waals surface area (Å²) < 4.78 is 5.48. The maximum absolute atomic E-state index is 11.8. The molecule has 1 unspecified atom stereocenters. The molecule has 2 N–H and O–H groups in total. The lowest BCUT2D eigenvalue weighted by molar-refractivity contribution is 0.0556. The molecule has 1 atom stereocenters. The second kappa shape index (κ2) is 5.26. The topological polar surface area (TPSA) is 62.5 Å². The molecule has 0 fully saturated rings. The van der Waals surface area contributed by atoms with Crippen LogP contribution in [0.3, 0.4) is 0 Å². The van der Waals surface area contributed by atoms with Crippen LogP contribution in [0.4, 0.5) is 0 Å². The summed E-state index contributed by atoms with van der Waals surface area (Å²) >= 11 is 4.58. The average molecular weight is 330 g/mol. The molecule has 4 nitrogen and oxygen atoms in total. The van der Waals surface area contributed by atoms with Crippen molar-refractivity contribution in [2.75, 3.05) is 6.54 Å². The van der Waals surface area contributed by atoms with Gasteiger partial charge in [-0.2, -0.15) is 0 Å². The lowest BCUT2D eigenvalue weighted by atomic mass is 10.1. The molecule has 2 aromatic heterocycles. The third-order valence-corrected chi connectivity index (χ3v) is 4.01. The zero-order valence-electron chi connectivity index (χ0n) is 9.64. The maximum atomic E-state index is 11.8. The summed E-state index contributed by atoms with van der Waals surface area (Å²) in [6.07, 6.45) is 1.36. The monoisotopic (exact) mass is 329 g/mol. The van der Waals surface area contributed by atoms with E-state index in [0.29, 0.717) is 10.2 Å². The van der Waals surface area contributed by atoms with E-state index < -0.39 is 5.60 Å². The Labute approximate surface area is 117 Å². The Hall–Kier alpha value is -1.11. The van der Waals surface area contributed by atoms with E-state index in [1.54, 1.807) is 13.0 Å². The molecular weight excluding hydrogens is 318 g/mol. The van der Waals surface area contributed by atoms with Crippen molar-refractivity contribution in [1.29, 1.82) is 0 Å². The fourth-order valence-corrected chi connectivity index (χ4v) is 2.58. The highest BCUT2D eigenvalue weighted by atomic mass is 79.9. The van der Waals surface area contributed by atoms with E-state index in [1.165, 1.54) is 17.6 Å². The number of halogens is 1. The minimum atomic E-state index is -1.06. The summed E-state index contributed by atoms with van der Waals surface area (Å²) in [5.74, 6) is -0.277. The molecule has 96 valence electrons. The van der Waals surface area contributed by atoms with Gasteiger partial charge in [0.15, 0.2) is 4.67 Å². The zero-order valence-corrected chi connectivity index (χ0v) is 12.0. The number of amides is 1. The minimum absolute atomic E-state index is 0.148. The van der Waals surface area contributed by atoms with Crippen LogP contribution in [0.25, 0.3) is 0 Å². The number of aliphatic hydroxyl groups is 1. The normalized spacial score (nSPS) is 14.2. The van der Waals surface area contributed by atoms with Crippen molar-refractivity contribution in [2.45, 2.75) is 12.5 Å². The third kappa shape index (κ3) is 3.01. The number of rotatable bonds is 4. The number of carbonyl (C=O) groups is 1. The largest absolute Gasteiger partial charge is 0.457 e. The third-order valence-electron chi connectivity index (χ3n) is 2.47. The van der Waals surface area contributed by atoms with Gasteiger partial charge >= 0.3 is 0 Å². The van der Waals surface area contributed by atoms with Crippen LogP contribution in [-0.2, 0) is 5.60 Å². The number of furan rings is 1. The molecule has 0 bridgehead atoms. The van der Waals surface area contributed by atoms with Gasteiger partial charge in [0, 0.05) is 10.9 Å². The van der Waals surface area contributed by atoms with Crippen molar-refractivity contribution in [1.82, 2.24) is 5.32 Å². The molecule has 18 heavy (non-hydrogen) atoms. The van der Waals surface area contributed by atoms with Gasteiger partial charge in [-0.05, 0) is 34.3 Å². The van der Waals surface area contributed by atoms with Crippen LogP contribution in [0.2, 0.25) is 0 Å². The highest BCUT2D eigenvalue weighted by Crippen LogP contribution is 2.24. The zero-order chi connectivity index (χ0) is 13.2. The molecule has 0 aliphatic rings. The molecule has 0 aliphatic carbocycles. The standard InChI is InChI=1S/C12H12BrNO3S/c1-12(16,9-3-2-4-18-9)7-14-11(15)8-5-10(13)17-6-8/h2-6,16H,7H2,1H3,(H,14,15). The average Bonchev–Trinajstić information content (AvgIpc) is 2.96. The van der Waals surface area contributed by atoms with Gasteiger partial charge in [-0.25, -0.2) is 0 Å². The second-order valence-electron chi connectivity index (χ2n) is 4.07. The van der Waals surface area contributed by atoms with Gasteiger partial charge in [-0.3, -0.25) is 4.79 Å². The molecule has 0 aromatic carbocycles. The van der Waals surface area contributed by atoms with Crippen molar-refractivity contribution >= 4 is 33.2 Å². The van der Waals surface area contributed by atoms with Gasteiger partial charge in [-0.15, -0.1) is 11.3 Å². The van der Waals surface area contributed by atoms with Crippen molar-refractivity contribution in [3.8, 4) is 0 Å². The second-order valence-corrected chi connectivity index (χ2v) is 5.80. The Kier molecular flexibility index (Phi) is 3.89. The minimum Gasteiger partial charge on any atom is -0.457 e. The summed E-state index contributed by atoms with van der Waals surface area (Å²) in [5.41, 5.74) is -0.644. The number of carbonyl (C=O) groups excluding carboxylic acids is 1. The first-order chi connectivity index (χ1) is 8.49. The molecule has 0 aliphatic heterocycles. The van der Waals surface area contributed by atoms with Crippen LogP contribution in [0.15, 0.2) is 38.9 Å². The summed E-state index contributed by atoms with van der Waals surface area (Å²) in [5, 5.41) is 14.8. The predicted molar refractivity (Wildman–Crippen MR) is 72.6 cm³/mol. The lowest BCUT2D eigenvalue weighted by Crippen LogP contribution is -2.37. The van der Waals surface area contributed by atoms with E-state index in [2.05, 4.69) is 21.2 Å². The van der Waals surface area contributed by atoms with Crippen LogP contribution < -0.4 is 5.32 Å². The van der Waals surface area contributed by atoms with Crippen LogP contribution in [0.1, 0.15) is 22.2 Å². The lowest BCUT2D eigenvalue weighted by Gasteiger charge is -2.22. The summed E-state index contributed by atoms with van der Waals surface area (Å²) in [7, 11) is 0. The van der Waals surface area contributed by atoms with Crippen LogP contribution in [-0.4, -0.2) is 17.6 Å².